The highest BCUT2D eigenvalue weighted by Gasteiger charge is 2.20. The maximum Gasteiger partial charge on any atom is 0.344 e. The third-order valence-electron chi connectivity index (χ3n) is 5.24. The molecule has 162 valence electrons. The Bertz CT molecular complexity index is 1290. The van der Waals surface area contributed by atoms with Gasteiger partial charge < -0.3 is 9.84 Å². The predicted octanol–water partition coefficient (Wildman–Crippen LogP) is 4.54. The fourth-order valence-corrected chi connectivity index (χ4v) is 5.14. The Morgan fingerprint density at radius 1 is 1.29 bits per heavy atom. The number of halogens is 1. The first-order valence-corrected chi connectivity index (χ1v) is 12.1. The third kappa shape index (κ3) is 4.65. The number of rotatable bonds is 6. The number of carboxylic acids is 1. The van der Waals surface area contributed by atoms with Crippen molar-refractivity contribution >= 4 is 43.9 Å². The molecular weight excluding hydrogens is 438 g/mol. The first-order chi connectivity index (χ1) is 14.7. The monoisotopic (exact) mass is 459 g/mol. The van der Waals surface area contributed by atoms with Crippen LogP contribution in [0.1, 0.15) is 30.2 Å². The summed E-state index contributed by atoms with van der Waals surface area (Å²) in [6, 6.07) is 8.90. The topological polar surface area (TPSA) is 102 Å². The minimum Gasteiger partial charge on any atom is -0.479 e. The van der Waals surface area contributed by atoms with E-state index in [4.69, 9.17) is 16.3 Å². The minimum absolute atomic E-state index is 0.403. The SMILES string of the molecule is Cc1cc(N=S2(=O)CCC2)cc2ncnc(Cc3ccc(Cl)cc3O[C@H](C)C(=O)O)c12. The second-order valence-electron chi connectivity index (χ2n) is 7.63. The quantitative estimate of drug-likeness (QED) is 0.580. The van der Waals surface area contributed by atoms with Gasteiger partial charge in [0.1, 0.15) is 12.1 Å². The van der Waals surface area contributed by atoms with Gasteiger partial charge in [0.25, 0.3) is 0 Å². The number of ether oxygens (including phenoxy) is 1. The first-order valence-electron chi connectivity index (χ1n) is 9.89. The molecular formula is C22H22ClN3O4S. The molecule has 1 N–H and O–H groups in total. The number of nitrogens with zero attached hydrogens (tertiary/aromatic N) is 3. The number of benzene rings is 2. The van der Waals surface area contributed by atoms with Crippen molar-refractivity contribution in [1.29, 1.82) is 0 Å². The highest BCUT2D eigenvalue weighted by Crippen LogP contribution is 2.32. The second kappa shape index (κ2) is 8.43. The first kappa shape index (κ1) is 21.5. The number of aliphatic carboxylic acids is 1. The zero-order chi connectivity index (χ0) is 22.2. The maximum absolute atomic E-state index is 12.5. The largest absolute Gasteiger partial charge is 0.479 e. The minimum atomic E-state index is -2.11. The van der Waals surface area contributed by atoms with Gasteiger partial charge in [0.05, 0.1) is 26.6 Å². The molecule has 1 fully saturated rings. The number of carbonyl (C=O) groups is 1. The average molecular weight is 460 g/mol. The summed E-state index contributed by atoms with van der Waals surface area (Å²) >= 11 is 6.10. The van der Waals surface area contributed by atoms with Crippen LogP contribution in [0.2, 0.25) is 5.02 Å². The van der Waals surface area contributed by atoms with E-state index < -0.39 is 21.8 Å². The van der Waals surface area contributed by atoms with Gasteiger partial charge in [-0.1, -0.05) is 17.7 Å². The van der Waals surface area contributed by atoms with Crippen LogP contribution in [0.15, 0.2) is 41.0 Å². The molecule has 2 aromatic carbocycles. The van der Waals surface area contributed by atoms with Crippen molar-refractivity contribution in [2.24, 2.45) is 4.36 Å². The van der Waals surface area contributed by atoms with Crippen LogP contribution in [0.5, 0.6) is 5.75 Å². The van der Waals surface area contributed by atoms with Crippen molar-refractivity contribution in [2.45, 2.75) is 32.8 Å². The van der Waals surface area contributed by atoms with Crippen LogP contribution in [0.4, 0.5) is 5.69 Å². The van der Waals surface area contributed by atoms with Crippen LogP contribution >= 0.6 is 11.6 Å². The summed E-state index contributed by atoms with van der Waals surface area (Å²) in [6.07, 6.45) is 1.83. The number of carboxylic acid groups (broad SMARTS) is 1. The molecule has 4 rings (SSSR count). The van der Waals surface area contributed by atoms with Crippen molar-refractivity contribution < 1.29 is 18.8 Å². The third-order valence-corrected chi connectivity index (χ3v) is 7.87. The number of hydrogen-bond donors (Lipinski definition) is 1. The van der Waals surface area contributed by atoms with Gasteiger partial charge >= 0.3 is 5.97 Å². The van der Waals surface area contributed by atoms with E-state index in [0.29, 0.717) is 34.4 Å². The predicted molar refractivity (Wildman–Crippen MR) is 121 cm³/mol. The molecule has 0 unspecified atom stereocenters. The van der Waals surface area contributed by atoms with Crippen LogP contribution in [-0.2, 0) is 20.9 Å². The van der Waals surface area contributed by atoms with Crippen molar-refractivity contribution in [2.75, 3.05) is 11.5 Å². The van der Waals surface area contributed by atoms with E-state index in [-0.39, 0.29) is 0 Å². The molecule has 0 amide bonds. The van der Waals surface area contributed by atoms with Gasteiger partial charge in [0.15, 0.2) is 6.10 Å². The molecule has 0 aliphatic carbocycles. The smallest absolute Gasteiger partial charge is 0.344 e. The molecule has 9 heteroatoms. The fraction of sp³-hybridized carbons (Fsp3) is 0.318. The highest BCUT2D eigenvalue weighted by molar-refractivity contribution is 7.95. The Kier molecular flexibility index (Phi) is 5.85. The number of hydrogen-bond acceptors (Lipinski definition) is 6. The summed E-state index contributed by atoms with van der Waals surface area (Å²) in [4.78, 5) is 20.1. The summed E-state index contributed by atoms with van der Waals surface area (Å²) in [5.41, 5.74) is 3.87. The van der Waals surface area contributed by atoms with Crippen LogP contribution in [0, 0.1) is 6.92 Å². The zero-order valence-corrected chi connectivity index (χ0v) is 18.7. The van der Waals surface area contributed by atoms with E-state index in [2.05, 4.69) is 14.3 Å². The molecule has 1 aromatic heterocycles. The van der Waals surface area contributed by atoms with E-state index in [1.54, 1.807) is 18.2 Å². The lowest BCUT2D eigenvalue weighted by Gasteiger charge is -2.18. The van der Waals surface area contributed by atoms with E-state index in [1.165, 1.54) is 13.3 Å². The van der Waals surface area contributed by atoms with E-state index in [9.17, 15) is 14.1 Å². The molecule has 0 spiro atoms. The summed E-state index contributed by atoms with van der Waals surface area (Å²) in [6.45, 7) is 3.42. The van der Waals surface area contributed by atoms with Gasteiger partial charge in [-0.2, -0.15) is 4.36 Å². The van der Waals surface area contributed by atoms with Crippen LogP contribution < -0.4 is 4.74 Å². The summed E-state index contributed by atoms with van der Waals surface area (Å²) in [5, 5.41) is 10.5. The highest BCUT2D eigenvalue weighted by atomic mass is 35.5. The van der Waals surface area contributed by atoms with Gasteiger partial charge in [-0.05, 0) is 50.1 Å². The number of fused-ring (bicyclic) bond motifs is 1. The Morgan fingerprint density at radius 3 is 2.74 bits per heavy atom. The van der Waals surface area contributed by atoms with Gasteiger partial charge in [0.2, 0.25) is 0 Å². The van der Waals surface area contributed by atoms with Crippen LogP contribution in [0.3, 0.4) is 0 Å². The van der Waals surface area contributed by atoms with Crippen molar-refractivity contribution in [3.63, 3.8) is 0 Å². The van der Waals surface area contributed by atoms with Crippen molar-refractivity contribution in [1.82, 2.24) is 9.97 Å². The van der Waals surface area contributed by atoms with Crippen molar-refractivity contribution in [3.8, 4) is 5.75 Å². The normalized spacial score (nSPS) is 15.8. The second-order valence-corrected chi connectivity index (χ2v) is 10.6. The number of aryl methyl sites for hydroxylation is 1. The Balaban J connectivity index is 1.74. The van der Waals surface area contributed by atoms with Gasteiger partial charge in [0, 0.05) is 33.9 Å². The standard InChI is InChI=1S/C22H22ClN3O4S/c1-13-8-17(26-31(29)6-3-7-31)11-19-21(13)18(24-12-25-19)9-15-4-5-16(23)10-20(15)30-14(2)22(27)28/h4-5,8,10-12,14H,3,6-7,9H2,1-2H3,(H,27,28)/t14-/m1/s1. The average Bonchev–Trinajstić information content (AvgIpc) is 2.68. The Labute approximate surface area is 185 Å². The van der Waals surface area contributed by atoms with Gasteiger partial charge in [-0.15, -0.1) is 0 Å². The molecule has 0 saturated carbocycles. The fourth-order valence-electron chi connectivity index (χ4n) is 3.52. The molecule has 1 atom stereocenters. The van der Waals surface area contributed by atoms with Gasteiger partial charge in [-0.25, -0.2) is 19.0 Å². The molecule has 0 radical (unpaired) electrons. The summed E-state index contributed by atoms with van der Waals surface area (Å²) in [5.74, 6) is 0.635. The lowest BCUT2D eigenvalue weighted by Crippen LogP contribution is -2.23. The molecule has 31 heavy (non-hydrogen) atoms. The molecule has 1 aliphatic heterocycles. The lowest BCUT2D eigenvalue weighted by atomic mass is 10.0. The molecule has 2 heterocycles. The van der Waals surface area contributed by atoms with Crippen molar-refractivity contribution in [3.05, 3.63) is 58.5 Å². The van der Waals surface area contributed by atoms with E-state index >= 15 is 0 Å². The van der Waals surface area contributed by atoms with Crippen LogP contribution in [0.25, 0.3) is 10.9 Å². The molecule has 3 aromatic rings. The molecule has 1 aliphatic rings. The molecule has 1 saturated heterocycles. The Morgan fingerprint density at radius 2 is 2.06 bits per heavy atom. The summed E-state index contributed by atoms with van der Waals surface area (Å²) in [7, 11) is -2.11. The summed E-state index contributed by atoms with van der Waals surface area (Å²) < 4.78 is 22.6. The maximum atomic E-state index is 12.5. The van der Waals surface area contributed by atoms with Crippen LogP contribution in [-0.4, -0.2) is 42.9 Å². The Hall–Kier alpha value is -2.71. The molecule has 7 nitrogen and oxygen atoms in total. The van der Waals surface area contributed by atoms with E-state index in [0.717, 1.165) is 34.1 Å². The number of aromatic nitrogens is 2. The zero-order valence-electron chi connectivity index (χ0n) is 17.2. The lowest BCUT2D eigenvalue weighted by molar-refractivity contribution is -0.144. The molecule has 0 bridgehead atoms. The van der Waals surface area contributed by atoms with E-state index in [1.807, 2.05) is 19.1 Å². The van der Waals surface area contributed by atoms with Gasteiger partial charge in [-0.3, -0.25) is 0 Å².